The van der Waals surface area contributed by atoms with E-state index in [4.69, 9.17) is 5.73 Å². The predicted octanol–water partition coefficient (Wildman–Crippen LogP) is 2.28. The van der Waals surface area contributed by atoms with E-state index in [2.05, 4.69) is 36.7 Å². The van der Waals surface area contributed by atoms with Gasteiger partial charge in [-0.05, 0) is 30.5 Å². The highest BCUT2D eigenvalue weighted by Crippen LogP contribution is 2.19. The molecule has 0 unspecified atom stereocenters. The van der Waals surface area contributed by atoms with Crippen LogP contribution in [0.2, 0.25) is 0 Å². The molecule has 0 aliphatic rings. The van der Waals surface area contributed by atoms with E-state index in [0.717, 1.165) is 25.3 Å². The SMILES string of the molecule is CCCN(CC(C)(C)CN)c1ccccn1. The van der Waals surface area contributed by atoms with Crippen molar-refractivity contribution >= 4 is 5.82 Å². The van der Waals surface area contributed by atoms with Crippen LogP contribution < -0.4 is 10.6 Å². The Labute approximate surface area is 98.7 Å². The van der Waals surface area contributed by atoms with Gasteiger partial charge in [-0.3, -0.25) is 0 Å². The summed E-state index contributed by atoms with van der Waals surface area (Å²) in [6, 6.07) is 6.03. The number of hydrogen-bond acceptors (Lipinski definition) is 3. The summed E-state index contributed by atoms with van der Waals surface area (Å²) in [5.74, 6) is 1.05. The van der Waals surface area contributed by atoms with Gasteiger partial charge in [-0.15, -0.1) is 0 Å². The molecule has 0 aliphatic carbocycles. The number of hydrogen-bond donors (Lipinski definition) is 1. The van der Waals surface area contributed by atoms with Gasteiger partial charge in [-0.25, -0.2) is 4.98 Å². The summed E-state index contributed by atoms with van der Waals surface area (Å²) in [4.78, 5) is 6.71. The highest BCUT2D eigenvalue weighted by Gasteiger charge is 2.20. The summed E-state index contributed by atoms with van der Waals surface area (Å²) >= 11 is 0. The van der Waals surface area contributed by atoms with Crippen molar-refractivity contribution in [2.75, 3.05) is 24.5 Å². The molecular formula is C13H23N3. The molecule has 16 heavy (non-hydrogen) atoms. The van der Waals surface area contributed by atoms with Crippen molar-refractivity contribution in [1.82, 2.24) is 4.98 Å². The maximum atomic E-state index is 5.78. The van der Waals surface area contributed by atoms with Gasteiger partial charge in [0.15, 0.2) is 0 Å². The Bertz CT molecular complexity index is 295. The normalized spacial score (nSPS) is 11.5. The van der Waals surface area contributed by atoms with Crippen LogP contribution in [-0.2, 0) is 0 Å². The Morgan fingerprint density at radius 1 is 1.38 bits per heavy atom. The second-order valence-corrected chi connectivity index (χ2v) is 4.98. The third-order valence-corrected chi connectivity index (χ3v) is 2.64. The zero-order valence-electron chi connectivity index (χ0n) is 10.6. The van der Waals surface area contributed by atoms with Crippen LogP contribution in [0.15, 0.2) is 24.4 Å². The minimum absolute atomic E-state index is 0.132. The lowest BCUT2D eigenvalue weighted by Gasteiger charge is -2.32. The molecule has 1 aromatic heterocycles. The topological polar surface area (TPSA) is 42.1 Å². The van der Waals surface area contributed by atoms with Crippen molar-refractivity contribution in [1.29, 1.82) is 0 Å². The summed E-state index contributed by atoms with van der Waals surface area (Å²) in [6.07, 6.45) is 2.96. The van der Waals surface area contributed by atoms with E-state index in [9.17, 15) is 0 Å². The van der Waals surface area contributed by atoms with Crippen LogP contribution in [0.1, 0.15) is 27.2 Å². The van der Waals surface area contributed by atoms with Crippen molar-refractivity contribution in [2.45, 2.75) is 27.2 Å². The fraction of sp³-hybridized carbons (Fsp3) is 0.615. The molecule has 1 rings (SSSR count). The van der Waals surface area contributed by atoms with Gasteiger partial charge in [0.2, 0.25) is 0 Å². The van der Waals surface area contributed by atoms with Crippen molar-refractivity contribution < 1.29 is 0 Å². The molecule has 1 heterocycles. The molecule has 0 saturated heterocycles. The van der Waals surface area contributed by atoms with Gasteiger partial charge in [0, 0.05) is 19.3 Å². The quantitative estimate of drug-likeness (QED) is 0.801. The number of aromatic nitrogens is 1. The van der Waals surface area contributed by atoms with Gasteiger partial charge >= 0.3 is 0 Å². The second kappa shape index (κ2) is 5.85. The lowest BCUT2D eigenvalue weighted by atomic mass is 9.93. The Morgan fingerprint density at radius 2 is 2.12 bits per heavy atom. The lowest BCUT2D eigenvalue weighted by Crippen LogP contribution is -2.39. The van der Waals surface area contributed by atoms with Gasteiger partial charge in [-0.2, -0.15) is 0 Å². The zero-order valence-corrected chi connectivity index (χ0v) is 10.6. The van der Waals surface area contributed by atoms with Crippen molar-refractivity contribution in [3.8, 4) is 0 Å². The first-order chi connectivity index (χ1) is 7.59. The molecular weight excluding hydrogens is 198 g/mol. The Balaban J connectivity index is 2.76. The average Bonchev–Trinajstić information content (AvgIpc) is 2.29. The molecule has 2 N–H and O–H groups in total. The van der Waals surface area contributed by atoms with Crippen LogP contribution in [0.25, 0.3) is 0 Å². The summed E-state index contributed by atoms with van der Waals surface area (Å²) in [6.45, 7) is 9.25. The van der Waals surface area contributed by atoms with E-state index in [-0.39, 0.29) is 5.41 Å². The molecule has 0 bridgehead atoms. The lowest BCUT2D eigenvalue weighted by molar-refractivity contribution is 0.376. The van der Waals surface area contributed by atoms with Gasteiger partial charge < -0.3 is 10.6 Å². The molecule has 0 saturated carbocycles. The highest BCUT2D eigenvalue weighted by molar-refractivity contribution is 5.37. The van der Waals surface area contributed by atoms with E-state index in [1.165, 1.54) is 0 Å². The first-order valence-corrected chi connectivity index (χ1v) is 5.95. The minimum atomic E-state index is 0.132. The number of anilines is 1. The van der Waals surface area contributed by atoms with E-state index in [1.54, 1.807) is 0 Å². The molecule has 1 aromatic rings. The summed E-state index contributed by atoms with van der Waals surface area (Å²) in [5.41, 5.74) is 5.91. The molecule has 90 valence electrons. The maximum absolute atomic E-state index is 5.78. The molecule has 0 spiro atoms. The number of rotatable bonds is 6. The van der Waals surface area contributed by atoms with Gasteiger partial charge in [0.1, 0.15) is 5.82 Å². The zero-order chi connectivity index (χ0) is 12.0. The summed E-state index contributed by atoms with van der Waals surface area (Å²) in [7, 11) is 0. The fourth-order valence-electron chi connectivity index (χ4n) is 1.67. The van der Waals surface area contributed by atoms with Crippen molar-refractivity contribution in [2.24, 2.45) is 11.1 Å². The van der Waals surface area contributed by atoms with Crippen molar-refractivity contribution in [3.63, 3.8) is 0 Å². The molecule has 3 heteroatoms. The highest BCUT2D eigenvalue weighted by atomic mass is 15.2. The third kappa shape index (κ3) is 3.81. The average molecular weight is 221 g/mol. The van der Waals surface area contributed by atoms with E-state index in [0.29, 0.717) is 6.54 Å². The monoisotopic (exact) mass is 221 g/mol. The van der Waals surface area contributed by atoms with Crippen LogP contribution in [-0.4, -0.2) is 24.6 Å². The molecule has 0 aromatic carbocycles. The number of nitrogens with two attached hydrogens (primary N) is 1. The van der Waals surface area contributed by atoms with Gasteiger partial charge in [0.05, 0.1) is 0 Å². The van der Waals surface area contributed by atoms with E-state index < -0.39 is 0 Å². The standard InChI is InChI=1S/C13H23N3/c1-4-9-16(11-13(2,3)10-14)12-7-5-6-8-15-12/h5-8H,4,9-11,14H2,1-3H3. The van der Waals surface area contributed by atoms with E-state index >= 15 is 0 Å². The number of pyridine rings is 1. The van der Waals surface area contributed by atoms with Crippen LogP contribution in [0.4, 0.5) is 5.82 Å². The second-order valence-electron chi connectivity index (χ2n) is 4.98. The van der Waals surface area contributed by atoms with Gasteiger partial charge in [-0.1, -0.05) is 26.8 Å². The first-order valence-electron chi connectivity index (χ1n) is 5.95. The van der Waals surface area contributed by atoms with Crippen LogP contribution in [0, 0.1) is 5.41 Å². The smallest absolute Gasteiger partial charge is 0.128 e. The largest absolute Gasteiger partial charge is 0.356 e. The van der Waals surface area contributed by atoms with Crippen LogP contribution in [0.3, 0.4) is 0 Å². The maximum Gasteiger partial charge on any atom is 0.128 e. The van der Waals surface area contributed by atoms with E-state index in [1.807, 2.05) is 18.3 Å². The predicted molar refractivity (Wildman–Crippen MR) is 69.6 cm³/mol. The summed E-state index contributed by atoms with van der Waals surface area (Å²) < 4.78 is 0. The van der Waals surface area contributed by atoms with Crippen LogP contribution in [0.5, 0.6) is 0 Å². The Hall–Kier alpha value is -1.09. The Morgan fingerprint density at radius 3 is 2.62 bits per heavy atom. The van der Waals surface area contributed by atoms with Crippen molar-refractivity contribution in [3.05, 3.63) is 24.4 Å². The molecule has 0 fully saturated rings. The molecule has 0 radical (unpaired) electrons. The first kappa shape index (κ1) is 13.0. The molecule has 0 aliphatic heterocycles. The number of nitrogens with zero attached hydrogens (tertiary/aromatic N) is 2. The molecule has 0 amide bonds. The summed E-state index contributed by atoms with van der Waals surface area (Å²) in [5, 5.41) is 0. The minimum Gasteiger partial charge on any atom is -0.356 e. The van der Waals surface area contributed by atoms with Gasteiger partial charge in [0.25, 0.3) is 0 Å². The molecule has 0 atom stereocenters. The van der Waals surface area contributed by atoms with Crippen LogP contribution >= 0.6 is 0 Å². The Kier molecular flexibility index (Phi) is 4.74. The third-order valence-electron chi connectivity index (χ3n) is 2.64. The molecule has 3 nitrogen and oxygen atoms in total. The fourth-order valence-corrected chi connectivity index (χ4v) is 1.67.